The number of hydrogen-bond donors (Lipinski definition) is 0. The van der Waals surface area contributed by atoms with Crippen molar-refractivity contribution < 1.29 is 28.4 Å². The van der Waals surface area contributed by atoms with Crippen molar-refractivity contribution in [2.75, 3.05) is 20.3 Å². The van der Waals surface area contributed by atoms with Crippen LogP contribution in [0.5, 0.6) is 0 Å². The number of carbonyl (C=O) groups excluding carboxylic acids is 2. The van der Waals surface area contributed by atoms with Crippen LogP contribution in [-0.2, 0) is 25.5 Å². The largest absolute Gasteiger partial charge is 0.469 e. The molecule has 1 unspecified atom stereocenters. The third-order valence-electron chi connectivity index (χ3n) is 5.88. The van der Waals surface area contributed by atoms with E-state index in [4.69, 9.17) is 13.9 Å². The molecule has 3 rings (SSSR count). The number of nitrogens with zero attached hydrogens (tertiary/aromatic N) is 2. The predicted molar refractivity (Wildman–Crippen MR) is 102 cm³/mol. The Morgan fingerprint density at radius 1 is 1.55 bits per heavy atom. The Morgan fingerprint density at radius 2 is 2.28 bits per heavy atom. The molecule has 2 fully saturated rings. The first-order valence-electron chi connectivity index (χ1n) is 9.53. The number of ether oxygens (including phenoxy) is 2. The monoisotopic (exact) mass is 406 g/mol. The van der Waals surface area contributed by atoms with Gasteiger partial charge in [0, 0.05) is 16.9 Å². The molecular weight excluding hydrogens is 380 g/mol. The Morgan fingerprint density at radius 3 is 2.86 bits per heavy atom. The summed E-state index contributed by atoms with van der Waals surface area (Å²) in [4.78, 5) is 39.1. The minimum atomic E-state index is -1.70. The zero-order valence-electron chi connectivity index (χ0n) is 16.9. The van der Waals surface area contributed by atoms with E-state index >= 15 is 0 Å². The van der Waals surface area contributed by atoms with Crippen LogP contribution in [0.25, 0.3) is 0 Å². The van der Waals surface area contributed by atoms with Gasteiger partial charge < -0.3 is 18.8 Å². The third-order valence-corrected chi connectivity index (χ3v) is 5.88. The first-order valence-corrected chi connectivity index (χ1v) is 9.53. The molecule has 3 heterocycles. The molecule has 0 spiro atoms. The molecule has 0 bridgehead atoms. The van der Waals surface area contributed by atoms with Crippen molar-refractivity contribution in [2.45, 2.75) is 50.8 Å². The standard InChI is InChI=1S/C20H26N2O7/c1-5-6-7-15-8-13(11-28-15)16(10-21(25)26)20(18(24)27-4)9-14-12-29-19(2,3)22(14)17(20)23/h5,8,11,14,16H,1,6-7,9-10,12H2,2-4H3/t14?,16-,20-/m0/s1. The molecule has 2 aliphatic heterocycles. The quantitative estimate of drug-likeness (QED) is 0.214. The molecule has 1 aromatic heterocycles. The summed E-state index contributed by atoms with van der Waals surface area (Å²) in [7, 11) is 1.19. The van der Waals surface area contributed by atoms with Gasteiger partial charge >= 0.3 is 5.97 Å². The summed E-state index contributed by atoms with van der Waals surface area (Å²) < 4.78 is 16.2. The topological polar surface area (TPSA) is 112 Å². The highest BCUT2D eigenvalue weighted by molar-refractivity contribution is 6.06. The highest BCUT2D eigenvalue weighted by Crippen LogP contribution is 2.52. The van der Waals surface area contributed by atoms with Gasteiger partial charge in [0.1, 0.15) is 11.5 Å². The van der Waals surface area contributed by atoms with E-state index in [2.05, 4.69) is 6.58 Å². The van der Waals surface area contributed by atoms with Crippen molar-refractivity contribution in [1.82, 2.24) is 4.90 Å². The lowest BCUT2D eigenvalue weighted by Gasteiger charge is -2.34. The number of methoxy groups -OCH3 is 1. The summed E-state index contributed by atoms with van der Waals surface area (Å²) in [5, 5.41) is 11.5. The van der Waals surface area contributed by atoms with Gasteiger partial charge in [0.25, 0.3) is 0 Å². The van der Waals surface area contributed by atoms with Gasteiger partial charge in [-0.2, -0.15) is 0 Å². The number of fused-ring (bicyclic) bond motifs is 1. The van der Waals surface area contributed by atoms with Crippen LogP contribution in [0, 0.1) is 15.5 Å². The highest BCUT2D eigenvalue weighted by atomic mass is 16.6. The zero-order valence-corrected chi connectivity index (χ0v) is 16.9. The van der Waals surface area contributed by atoms with Crippen LogP contribution in [0.3, 0.4) is 0 Å². The van der Waals surface area contributed by atoms with E-state index < -0.39 is 40.4 Å². The van der Waals surface area contributed by atoms with Crippen molar-refractivity contribution in [2.24, 2.45) is 5.41 Å². The summed E-state index contributed by atoms with van der Waals surface area (Å²) >= 11 is 0. The highest BCUT2D eigenvalue weighted by Gasteiger charge is 2.67. The lowest BCUT2D eigenvalue weighted by molar-refractivity contribution is -0.485. The van der Waals surface area contributed by atoms with Gasteiger partial charge in [-0.1, -0.05) is 6.08 Å². The summed E-state index contributed by atoms with van der Waals surface area (Å²) in [5.41, 5.74) is -2.16. The summed E-state index contributed by atoms with van der Waals surface area (Å²) in [6.07, 6.45) is 4.48. The fraction of sp³-hybridized carbons (Fsp3) is 0.600. The van der Waals surface area contributed by atoms with E-state index in [9.17, 15) is 19.7 Å². The second kappa shape index (κ2) is 7.62. The number of esters is 1. The molecule has 158 valence electrons. The molecule has 0 radical (unpaired) electrons. The van der Waals surface area contributed by atoms with Gasteiger partial charge in [-0.15, -0.1) is 6.58 Å². The molecule has 0 aliphatic carbocycles. The zero-order chi connectivity index (χ0) is 21.4. The minimum Gasteiger partial charge on any atom is -0.469 e. The molecule has 1 amide bonds. The van der Waals surface area contributed by atoms with Crippen LogP contribution < -0.4 is 0 Å². The van der Waals surface area contributed by atoms with Crippen LogP contribution in [0.2, 0.25) is 0 Å². The molecule has 1 aromatic rings. The number of carbonyl (C=O) groups is 2. The van der Waals surface area contributed by atoms with E-state index in [1.807, 2.05) is 0 Å². The number of rotatable bonds is 8. The van der Waals surface area contributed by atoms with Crippen molar-refractivity contribution in [3.8, 4) is 0 Å². The SMILES string of the molecule is C=CCCc1cc([C@H](C[N+](=O)[O-])[C@@]2(C(=O)OC)CC3COC(C)(C)N3C2=O)co1. The molecule has 2 aliphatic rings. The molecule has 0 aromatic carbocycles. The van der Waals surface area contributed by atoms with Crippen LogP contribution in [-0.4, -0.2) is 53.7 Å². The maximum Gasteiger partial charge on any atom is 0.322 e. The number of aryl methyl sites for hydroxylation is 1. The van der Waals surface area contributed by atoms with Crippen LogP contribution >= 0.6 is 0 Å². The number of hydrogen-bond acceptors (Lipinski definition) is 7. The first kappa shape index (κ1) is 21.0. The molecule has 0 N–H and O–H groups in total. The number of amides is 1. The number of furan rings is 1. The van der Waals surface area contributed by atoms with Gasteiger partial charge in [-0.25, -0.2) is 0 Å². The molecule has 0 saturated carbocycles. The Labute approximate surface area is 168 Å². The van der Waals surface area contributed by atoms with E-state index in [1.165, 1.54) is 18.3 Å². The Bertz CT molecular complexity index is 831. The lowest BCUT2D eigenvalue weighted by Crippen LogP contribution is -2.51. The second-order valence-electron chi connectivity index (χ2n) is 8.00. The maximum atomic E-state index is 13.6. The van der Waals surface area contributed by atoms with E-state index in [0.29, 0.717) is 24.2 Å². The van der Waals surface area contributed by atoms with Crippen molar-refractivity contribution in [1.29, 1.82) is 0 Å². The number of nitro groups is 1. The van der Waals surface area contributed by atoms with Gasteiger partial charge in [0.15, 0.2) is 5.41 Å². The first-order chi connectivity index (χ1) is 13.7. The maximum absolute atomic E-state index is 13.6. The Balaban J connectivity index is 2.08. The Hall–Kier alpha value is -2.68. The summed E-state index contributed by atoms with van der Waals surface area (Å²) in [5.74, 6) is -1.67. The fourth-order valence-electron chi connectivity index (χ4n) is 4.56. The molecular formula is C20H26N2O7. The van der Waals surface area contributed by atoms with Gasteiger partial charge in [0.05, 0.1) is 31.9 Å². The fourth-order valence-corrected chi connectivity index (χ4v) is 4.56. The van der Waals surface area contributed by atoms with Crippen LogP contribution in [0.15, 0.2) is 29.4 Å². The second-order valence-corrected chi connectivity index (χ2v) is 8.00. The average molecular weight is 406 g/mol. The number of allylic oxidation sites excluding steroid dienone is 1. The summed E-state index contributed by atoms with van der Waals surface area (Å²) in [6.45, 7) is 6.82. The van der Waals surface area contributed by atoms with Crippen molar-refractivity contribution >= 4 is 11.9 Å². The smallest absolute Gasteiger partial charge is 0.322 e. The van der Waals surface area contributed by atoms with E-state index in [-0.39, 0.29) is 19.1 Å². The molecule has 29 heavy (non-hydrogen) atoms. The van der Waals surface area contributed by atoms with Gasteiger partial charge in [-0.05, 0) is 32.8 Å². The molecule has 9 heteroatoms. The van der Waals surface area contributed by atoms with E-state index in [1.54, 1.807) is 26.0 Å². The van der Waals surface area contributed by atoms with Crippen molar-refractivity contribution in [3.63, 3.8) is 0 Å². The lowest BCUT2D eigenvalue weighted by atomic mass is 9.70. The molecule has 2 saturated heterocycles. The Kier molecular flexibility index (Phi) is 5.53. The molecule has 9 nitrogen and oxygen atoms in total. The van der Waals surface area contributed by atoms with Crippen LogP contribution in [0.1, 0.15) is 43.9 Å². The minimum absolute atomic E-state index is 0.0909. The van der Waals surface area contributed by atoms with Gasteiger partial charge in [0.2, 0.25) is 12.5 Å². The van der Waals surface area contributed by atoms with E-state index in [0.717, 1.165) is 0 Å². The van der Waals surface area contributed by atoms with Crippen LogP contribution in [0.4, 0.5) is 0 Å². The van der Waals surface area contributed by atoms with Gasteiger partial charge in [-0.3, -0.25) is 19.7 Å². The molecule has 3 atom stereocenters. The normalized spacial score (nSPS) is 26.2. The average Bonchev–Trinajstić information content (AvgIpc) is 3.33. The predicted octanol–water partition coefficient (Wildman–Crippen LogP) is 2.29. The van der Waals surface area contributed by atoms with Crippen molar-refractivity contribution in [3.05, 3.63) is 46.4 Å². The summed E-state index contributed by atoms with van der Waals surface area (Å²) in [6, 6.07) is 1.33. The third kappa shape index (κ3) is 3.43.